The van der Waals surface area contributed by atoms with Gasteiger partial charge in [0.15, 0.2) is 0 Å². The highest BCUT2D eigenvalue weighted by Gasteiger charge is 2.02. The smallest absolute Gasteiger partial charge is 0.267 e. The van der Waals surface area contributed by atoms with E-state index in [0.29, 0.717) is 16.5 Å². The maximum atomic E-state index is 11.5. The second kappa shape index (κ2) is 6.28. The van der Waals surface area contributed by atoms with E-state index in [-0.39, 0.29) is 5.91 Å². The monoisotopic (exact) mass is 238 g/mol. The molecule has 0 aliphatic rings. The number of halogens is 1. The van der Waals surface area contributed by atoms with Crippen molar-refractivity contribution < 1.29 is 4.79 Å². The topological polar surface area (TPSA) is 41.5 Å². The van der Waals surface area contributed by atoms with E-state index >= 15 is 0 Å². The minimum absolute atomic E-state index is 0.225. The van der Waals surface area contributed by atoms with E-state index in [1.54, 1.807) is 30.5 Å². The Bertz CT molecular complexity index is 371. The third-order valence-electron chi connectivity index (χ3n) is 1.94. The summed E-state index contributed by atoms with van der Waals surface area (Å²) in [5.74, 6) is 0.313. The highest BCUT2D eigenvalue weighted by molar-refractivity contribution is 6.30. The van der Waals surface area contributed by atoms with Gasteiger partial charge in [0.1, 0.15) is 0 Å². The van der Waals surface area contributed by atoms with Crippen molar-refractivity contribution >= 4 is 23.7 Å². The zero-order valence-corrected chi connectivity index (χ0v) is 10.2. The van der Waals surface area contributed by atoms with Crippen molar-refractivity contribution in [2.45, 2.75) is 20.3 Å². The number of nitrogens with one attached hydrogen (secondary N) is 1. The summed E-state index contributed by atoms with van der Waals surface area (Å²) < 4.78 is 0. The molecule has 0 saturated heterocycles. The Hall–Kier alpha value is -1.35. The highest BCUT2D eigenvalue weighted by atomic mass is 35.5. The first-order valence-electron chi connectivity index (χ1n) is 5.17. The van der Waals surface area contributed by atoms with E-state index in [2.05, 4.69) is 24.4 Å². The summed E-state index contributed by atoms with van der Waals surface area (Å²) in [6.45, 7) is 4.18. The van der Waals surface area contributed by atoms with Gasteiger partial charge < -0.3 is 0 Å². The first-order valence-corrected chi connectivity index (χ1v) is 5.55. The molecule has 0 spiro atoms. The molecule has 3 nitrogen and oxygen atoms in total. The van der Waals surface area contributed by atoms with E-state index in [0.717, 1.165) is 6.42 Å². The van der Waals surface area contributed by atoms with Gasteiger partial charge in [0.25, 0.3) is 5.91 Å². The second-order valence-corrected chi connectivity index (χ2v) is 4.33. The third-order valence-corrected chi connectivity index (χ3v) is 2.19. The van der Waals surface area contributed by atoms with Crippen LogP contribution in [-0.4, -0.2) is 12.1 Å². The first kappa shape index (κ1) is 12.7. The van der Waals surface area contributed by atoms with Crippen LogP contribution in [-0.2, 0) is 0 Å². The zero-order chi connectivity index (χ0) is 12.0. The van der Waals surface area contributed by atoms with Gasteiger partial charge in [-0.25, -0.2) is 5.43 Å². The summed E-state index contributed by atoms with van der Waals surface area (Å²) in [6, 6.07) is 6.67. The van der Waals surface area contributed by atoms with Gasteiger partial charge in [-0.3, -0.25) is 4.79 Å². The largest absolute Gasteiger partial charge is 0.271 e. The SMILES string of the molecule is CC(C)C/C=N/NC(=O)c1ccc(Cl)cc1. The van der Waals surface area contributed by atoms with Gasteiger partial charge in [-0.05, 0) is 36.6 Å². The standard InChI is InChI=1S/C12H15ClN2O/c1-9(2)7-8-14-15-12(16)10-3-5-11(13)6-4-10/h3-6,8-9H,7H2,1-2H3,(H,15,16)/b14-8+. The molecule has 0 aliphatic carbocycles. The van der Waals surface area contributed by atoms with Crippen LogP contribution in [0.4, 0.5) is 0 Å². The summed E-state index contributed by atoms with van der Waals surface area (Å²) in [7, 11) is 0. The molecule has 0 heterocycles. The molecule has 0 radical (unpaired) electrons. The number of hydrogen-bond acceptors (Lipinski definition) is 2. The molecule has 0 saturated carbocycles. The molecule has 1 aromatic rings. The fraction of sp³-hybridized carbons (Fsp3) is 0.333. The number of carbonyl (C=O) groups is 1. The van der Waals surface area contributed by atoms with Crippen molar-refractivity contribution in [1.29, 1.82) is 0 Å². The van der Waals surface area contributed by atoms with Crippen LogP contribution in [0.25, 0.3) is 0 Å². The molecule has 86 valence electrons. The molecule has 0 bridgehead atoms. The van der Waals surface area contributed by atoms with E-state index in [4.69, 9.17) is 11.6 Å². The molecule has 0 atom stereocenters. The number of nitrogens with zero attached hydrogens (tertiary/aromatic N) is 1. The van der Waals surface area contributed by atoms with Crippen molar-refractivity contribution in [2.75, 3.05) is 0 Å². The van der Waals surface area contributed by atoms with E-state index in [1.807, 2.05) is 0 Å². The fourth-order valence-corrected chi connectivity index (χ4v) is 1.16. The maximum Gasteiger partial charge on any atom is 0.271 e. The van der Waals surface area contributed by atoms with E-state index in [9.17, 15) is 4.79 Å². The van der Waals surface area contributed by atoms with Crippen LogP contribution < -0.4 is 5.43 Å². The van der Waals surface area contributed by atoms with Crippen molar-refractivity contribution in [3.63, 3.8) is 0 Å². The number of hydrogen-bond donors (Lipinski definition) is 1. The predicted molar refractivity (Wildman–Crippen MR) is 66.9 cm³/mol. The average molecular weight is 239 g/mol. The Balaban J connectivity index is 2.47. The van der Waals surface area contributed by atoms with Crippen LogP contribution in [0.1, 0.15) is 30.6 Å². The lowest BCUT2D eigenvalue weighted by atomic mass is 10.2. The van der Waals surface area contributed by atoms with Crippen molar-refractivity contribution in [3.8, 4) is 0 Å². The van der Waals surface area contributed by atoms with Gasteiger partial charge in [0.2, 0.25) is 0 Å². The van der Waals surface area contributed by atoms with Crippen LogP contribution in [0.5, 0.6) is 0 Å². The van der Waals surface area contributed by atoms with Crippen LogP contribution >= 0.6 is 11.6 Å². The molecule has 0 aromatic heterocycles. The minimum atomic E-state index is -0.225. The van der Waals surface area contributed by atoms with Gasteiger partial charge in [-0.15, -0.1) is 0 Å². The second-order valence-electron chi connectivity index (χ2n) is 3.89. The molecular formula is C12H15ClN2O. The number of rotatable bonds is 4. The third kappa shape index (κ3) is 4.45. The summed E-state index contributed by atoms with van der Waals surface area (Å²) in [6.07, 6.45) is 2.55. The lowest BCUT2D eigenvalue weighted by molar-refractivity contribution is 0.0955. The van der Waals surface area contributed by atoms with Gasteiger partial charge in [-0.1, -0.05) is 25.4 Å². The quantitative estimate of drug-likeness (QED) is 0.636. The van der Waals surface area contributed by atoms with Gasteiger partial charge in [0, 0.05) is 16.8 Å². The predicted octanol–water partition coefficient (Wildman–Crippen LogP) is 3.10. The molecule has 0 aliphatic heterocycles. The van der Waals surface area contributed by atoms with Crippen molar-refractivity contribution in [2.24, 2.45) is 11.0 Å². The van der Waals surface area contributed by atoms with Crippen molar-refractivity contribution in [3.05, 3.63) is 34.9 Å². The lowest BCUT2D eigenvalue weighted by Gasteiger charge is -2.00. The molecule has 1 amide bonds. The Kier molecular flexibility index (Phi) is 4.99. The molecule has 0 fully saturated rings. The van der Waals surface area contributed by atoms with E-state index in [1.165, 1.54) is 0 Å². The summed E-state index contributed by atoms with van der Waals surface area (Å²) in [5, 5.41) is 4.46. The molecular weight excluding hydrogens is 224 g/mol. The van der Waals surface area contributed by atoms with Crippen LogP contribution in [0, 0.1) is 5.92 Å². The summed E-state index contributed by atoms with van der Waals surface area (Å²) in [4.78, 5) is 11.5. The Labute approximate surface area is 101 Å². The van der Waals surface area contributed by atoms with Crippen LogP contribution in [0.3, 0.4) is 0 Å². The Morgan fingerprint density at radius 3 is 2.62 bits per heavy atom. The number of amides is 1. The maximum absolute atomic E-state index is 11.5. The van der Waals surface area contributed by atoms with Gasteiger partial charge >= 0.3 is 0 Å². The lowest BCUT2D eigenvalue weighted by Crippen LogP contribution is -2.17. The molecule has 1 aromatic carbocycles. The molecule has 16 heavy (non-hydrogen) atoms. The Morgan fingerprint density at radius 2 is 2.06 bits per heavy atom. The van der Waals surface area contributed by atoms with Crippen LogP contribution in [0.15, 0.2) is 29.4 Å². The summed E-state index contributed by atoms with van der Waals surface area (Å²) >= 11 is 5.72. The Morgan fingerprint density at radius 1 is 1.44 bits per heavy atom. The summed E-state index contributed by atoms with van der Waals surface area (Å²) in [5.41, 5.74) is 3.01. The van der Waals surface area contributed by atoms with Gasteiger partial charge in [-0.2, -0.15) is 5.10 Å². The normalized spacial score (nSPS) is 11.0. The first-order chi connectivity index (χ1) is 7.59. The van der Waals surface area contributed by atoms with Gasteiger partial charge in [0.05, 0.1) is 0 Å². The zero-order valence-electron chi connectivity index (χ0n) is 9.40. The number of carbonyl (C=O) groups excluding carboxylic acids is 1. The highest BCUT2D eigenvalue weighted by Crippen LogP contribution is 2.09. The van der Waals surface area contributed by atoms with Crippen LogP contribution in [0.2, 0.25) is 5.02 Å². The average Bonchev–Trinajstić information content (AvgIpc) is 2.25. The fourth-order valence-electron chi connectivity index (χ4n) is 1.03. The molecule has 1 rings (SSSR count). The van der Waals surface area contributed by atoms with E-state index < -0.39 is 0 Å². The number of hydrazone groups is 1. The molecule has 1 N–H and O–H groups in total. The van der Waals surface area contributed by atoms with Crippen molar-refractivity contribution in [1.82, 2.24) is 5.43 Å². The minimum Gasteiger partial charge on any atom is -0.267 e. The molecule has 4 heteroatoms. The molecule has 0 unspecified atom stereocenters. The number of benzene rings is 1.